The summed E-state index contributed by atoms with van der Waals surface area (Å²) in [6, 6.07) is 18.2. The van der Waals surface area contributed by atoms with Crippen LogP contribution in [0.3, 0.4) is 0 Å². The Morgan fingerprint density at radius 2 is 1.68 bits per heavy atom. The van der Waals surface area contributed by atoms with Gasteiger partial charge in [0.05, 0.1) is 5.52 Å². The number of nitrogen functional groups attached to an aromatic ring is 1. The van der Waals surface area contributed by atoms with Crippen LogP contribution in [0, 0.1) is 6.92 Å². The van der Waals surface area contributed by atoms with E-state index in [0.29, 0.717) is 0 Å². The monoisotopic (exact) mass is 266 g/mol. The Hall–Kier alpha value is -2.00. The largest absolute Gasteiger partial charge is 0.398 e. The molecule has 0 aliphatic rings. The summed E-state index contributed by atoms with van der Waals surface area (Å²) in [4.78, 5) is 6.83. The van der Waals surface area contributed by atoms with E-state index in [4.69, 9.17) is 5.73 Å². The standard InChI is InChI=1S/C16H14N2S/c1-11-10-16(12-6-2-4-8-14(12)18-11)19-15-9-5-3-7-13(15)17/h2-10H,17H2,1H3. The van der Waals surface area contributed by atoms with Gasteiger partial charge in [0.2, 0.25) is 0 Å². The molecule has 3 rings (SSSR count). The molecule has 2 nitrogen and oxygen atoms in total. The number of benzene rings is 2. The Morgan fingerprint density at radius 1 is 0.947 bits per heavy atom. The molecular formula is C16H14N2S. The predicted molar refractivity (Wildman–Crippen MR) is 81.5 cm³/mol. The van der Waals surface area contributed by atoms with E-state index in [0.717, 1.165) is 21.8 Å². The van der Waals surface area contributed by atoms with Gasteiger partial charge in [0, 0.05) is 26.6 Å². The van der Waals surface area contributed by atoms with Crippen LogP contribution in [0.5, 0.6) is 0 Å². The summed E-state index contributed by atoms with van der Waals surface area (Å²) >= 11 is 1.69. The minimum absolute atomic E-state index is 0.811. The molecule has 19 heavy (non-hydrogen) atoms. The molecule has 0 radical (unpaired) electrons. The first-order valence-corrected chi connectivity index (χ1v) is 6.94. The van der Waals surface area contributed by atoms with Gasteiger partial charge in [-0.1, -0.05) is 42.1 Å². The van der Waals surface area contributed by atoms with Crippen molar-refractivity contribution in [2.24, 2.45) is 0 Å². The van der Waals surface area contributed by atoms with Gasteiger partial charge >= 0.3 is 0 Å². The van der Waals surface area contributed by atoms with E-state index in [9.17, 15) is 0 Å². The van der Waals surface area contributed by atoms with Gasteiger partial charge in [-0.15, -0.1) is 0 Å². The van der Waals surface area contributed by atoms with Crippen LogP contribution in [0.15, 0.2) is 64.4 Å². The van der Waals surface area contributed by atoms with E-state index in [1.54, 1.807) is 11.8 Å². The highest BCUT2D eigenvalue weighted by atomic mass is 32.2. The number of anilines is 1. The molecule has 0 bridgehead atoms. The van der Waals surface area contributed by atoms with Crippen molar-refractivity contribution in [1.82, 2.24) is 4.98 Å². The number of para-hydroxylation sites is 2. The van der Waals surface area contributed by atoms with Crippen LogP contribution in [0.2, 0.25) is 0 Å². The number of nitrogens with two attached hydrogens (primary N) is 1. The third-order valence-corrected chi connectivity index (χ3v) is 4.09. The van der Waals surface area contributed by atoms with Gasteiger partial charge in [-0.05, 0) is 31.2 Å². The van der Waals surface area contributed by atoms with E-state index in [-0.39, 0.29) is 0 Å². The summed E-state index contributed by atoms with van der Waals surface area (Å²) in [6.45, 7) is 2.02. The SMILES string of the molecule is Cc1cc(Sc2ccccc2N)c2ccccc2n1. The van der Waals surface area contributed by atoms with Crippen LogP contribution in [0.1, 0.15) is 5.69 Å². The minimum atomic E-state index is 0.811. The van der Waals surface area contributed by atoms with Gasteiger partial charge in [0.25, 0.3) is 0 Å². The van der Waals surface area contributed by atoms with E-state index >= 15 is 0 Å². The highest BCUT2D eigenvalue weighted by Gasteiger charge is 2.07. The molecule has 0 unspecified atom stereocenters. The zero-order valence-corrected chi connectivity index (χ0v) is 11.4. The van der Waals surface area contributed by atoms with Gasteiger partial charge in [-0.3, -0.25) is 4.98 Å². The second kappa shape index (κ2) is 4.94. The molecule has 2 N–H and O–H groups in total. The minimum Gasteiger partial charge on any atom is -0.398 e. The van der Waals surface area contributed by atoms with Gasteiger partial charge in [-0.2, -0.15) is 0 Å². The van der Waals surface area contributed by atoms with Crippen molar-refractivity contribution in [3.63, 3.8) is 0 Å². The summed E-state index contributed by atoms with van der Waals surface area (Å²) in [7, 11) is 0. The van der Waals surface area contributed by atoms with Crippen molar-refractivity contribution in [2.45, 2.75) is 16.7 Å². The van der Waals surface area contributed by atoms with Crippen LogP contribution in [0.25, 0.3) is 10.9 Å². The zero-order valence-electron chi connectivity index (χ0n) is 10.6. The van der Waals surface area contributed by atoms with Crippen LogP contribution in [-0.4, -0.2) is 4.98 Å². The number of aromatic nitrogens is 1. The summed E-state index contributed by atoms with van der Waals surface area (Å²) < 4.78 is 0. The Kier molecular flexibility index (Phi) is 3.13. The van der Waals surface area contributed by atoms with E-state index in [1.807, 2.05) is 49.4 Å². The lowest BCUT2D eigenvalue weighted by Crippen LogP contribution is -1.89. The fraction of sp³-hybridized carbons (Fsp3) is 0.0625. The highest BCUT2D eigenvalue weighted by molar-refractivity contribution is 7.99. The molecule has 2 aromatic carbocycles. The summed E-state index contributed by atoms with van der Waals surface area (Å²) in [5.41, 5.74) is 8.88. The Bertz CT molecular complexity index is 738. The lowest BCUT2D eigenvalue weighted by molar-refractivity contribution is 1.22. The molecule has 3 aromatic rings. The molecule has 0 amide bonds. The molecule has 3 heteroatoms. The number of hydrogen-bond donors (Lipinski definition) is 1. The van der Waals surface area contributed by atoms with Crippen LogP contribution < -0.4 is 5.73 Å². The van der Waals surface area contributed by atoms with Crippen molar-refractivity contribution in [3.05, 3.63) is 60.3 Å². The van der Waals surface area contributed by atoms with Crippen LogP contribution in [0.4, 0.5) is 5.69 Å². The molecule has 0 spiro atoms. The lowest BCUT2D eigenvalue weighted by atomic mass is 10.2. The first-order valence-electron chi connectivity index (χ1n) is 6.13. The van der Waals surface area contributed by atoms with Gasteiger partial charge in [0.15, 0.2) is 0 Å². The molecule has 0 aliphatic heterocycles. The highest BCUT2D eigenvalue weighted by Crippen LogP contribution is 2.36. The number of nitrogens with zero attached hydrogens (tertiary/aromatic N) is 1. The first kappa shape index (κ1) is 12.1. The molecule has 0 aliphatic carbocycles. The summed E-state index contributed by atoms with van der Waals surface area (Å²) in [6.07, 6.45) is 0. The van der Waals surface area contributed by atoms with Crippen molar-refractivity contribution in [1.29, 1.82) is 0 Å². The predicted octanol–water partition coefficient (Wildman–Crippen LogP) is 4.28. The third kappa shape index (κ3) is 2.42. The normalized spacial score (nSPS) is 10.8. The molecule has 0 saturated heterocycles. The third-order valence-electron chi connectivity index (χ3n) is 2.95. The van der Waals surface area contributed by atoms with Gasteiger partial charge in [-0.25, -0.2) is 0 Å². The number of hydrogen-bond acceptors (Lipinski definition) is 3. The molecule has 0 saturated carbocycles. The van der Waals surface area contributed by atoms with E-state index in [2.05, 4.69) is 17.1 Å². The number of aryl methyl sites for hydroxylation is 1. The second-order valence-electron chi connectivity index (χ2n) is 4.42. The number of rotatable bonds is 2. The van der Waals surface area contributed by atoms with Gasteiger partial charge in [0.1, 0.15) is 0 Å². The number of fused-ring (bicyclic) bond motifs is 1. The summed E-state index contributed by atoms with van der Waals surface area (Å²) in [5.74, 6) is 0. The molecule has 1 heterocycles. The Labute approximate surface area is 116 Å². The Morgan fingerprint density at radius 3 is 2.53 bits per heavy atom. The number of pyridine rings is 1. The topological polar surface area (TPSA) is 38.9 Å². The van der Waals surface area contributed by atoms with Crippen molar-refractivity contribution < 1.29 is 0 Å². The first-order chi connectivity index (χ1) is 9.24. The van der Waals surface area contributed by atoms with Crippen LogP contribution in [-0.2, 0) is 0 Å². The molecular weight excluding hydrogens is 252 g/mol. The maximum absolute atomic E-state index is 6.01. The van der Waals surface area contributed by atoms with Gasteiger partial charge < -0.3 is 5.73 Å². The van der Waals surface area contributed by atoms with Crippen molar-refractivity contribution in [3.8, 4) is 0 Å². The molecule has 94 valence electrons. The summed E-state index contributed by atoms with van der Waals surface area (Å²) in [5, 5.41) is 1.17. The quantitative estimate of drug-likeness (QED) is 0.704. The van der Waals surface area contributed by atoms with Crippen molar-refractivity contribution >= 4 is 28.4 Å². The van der Waals surface area contributed by atoms with E-state index in [1.165, 1.54) is 10.3 Å². The maximum atomic E-state index is 6.01. The smallest absolute Gasteiger partial charge is 0.0716 e. The van der Waals surface area contributed by atoms with Crippen LogP contribution >= 0.6 is 11.8 Å². The Balaban J connectivity index is 2.13. The molecule has 1 aromatic heterocycles. The van der Waals surface area contributed by atoms with Crippen molar-refractivity contribution in [2.75, 3.05) is 5.73 Å². The average Bonchev–Trinajstić information content (AvgIpc) is 2.41. The second-order valence-corrected chi connectivity index (χ2v) is 5.50. The maximum Gasteiger partial charge on any atom is 0.0716 e. The molecule has 0 fully saturated rings. The average molecular weight is 266 g/mol. The lowest BCUT2D eigenvalue weighted by Gasteiger charge is -2.09. The van der Waals surface area contributed by atoms with E-state index < -0.39 is 0 Å². The molecule has 0 atom stereocenters. The fourth-order valence-corrected chi connectivity index (χ4v) is 3.13. The fourth-order valence-electron chi connectivity index (χ4n) is 2.05. The zero-order chi connectivity index (χ0) is 13.2.